The van der Waals surface area contributed by atoms with E-state index in [0.717, 1.165) is 25.6 Å². The number of ether oxygens (including phenoxy) is 1. The van der Waals surface area contributed by atoms with Gasteiger partial charge in [-0.25, -0.2) is 0 Å². The standard InChI is InChI=1S/C14H23NOS/c1-12(2)11-17-14-6-4-13(5-7-14)10-15-8-9-16-3/h4-7,12,15H,8-11H2,1-3H3. The Labute approximate surface area is 109 Å². The lowest BCUT2D eigenvalue weighted by Crippen LogP contribution is -2.18. The summed E-state index contributed by atoms with van der Waals surface area (Å²) in [5.74, 6) is 1.93. The van der Waals surface area contributed by atoms with E-state index in [4.69, 9.17) is 4.74 Å². The predicted molar refractivity (Wildman–Crippen MR) is 75.6 cm³/mol. The molecule has 0 aromatic heterocycles. The monoisotopic (exact) mass is 253 g/mol. The van der Waals surface area contributed by atoms with Gasteiger partial charge in [-0.15, -0.1) is 11.8 Å². The molecule has 0 fully saturated rings. The first-order valence-corrected chi connectivity index (χ1v) is 7.12. The Hall–Kier alpha value is -0.510. The minimum Gasteiger partial charge on any atom is -0.383 e. The van der Waals surface area contributed by atoms with Gasteiger partial charge in [0.1, 0.15) is 0 Å². The molecule has 0 heterocycles. The van der Waals surface area contributed by atoms with Gasteiger partial charge in [-0.1, -0.05) is 26.0 Å². The molecule has 0 aliphatic rings. The zero-order valence-electron chi connectivity index (χ0n) is 11.0. The number of benzene rings is 1. The zero-order valence-corrected chi connectivity index (χ0v) is 11.8. The first kappa shape index (κ1) is 14.6. The van der Waals surface area contributed by atoms with Gasteiger partial charge in [0.2, 0.25) is 0 Å². The van der Waals surface area contributed by atoms with Crippen LogP contribution in [0.3, 0.4) is 0 Å². The zero-order chi connectivity index (χ0) is 12.5. The second kappa shape index (κ2) is 8.56. The summed E-state index contributed by atoms with van der Waals surface area (Å²) in [5.41, 5.74) is 1.33. The fraction of sp³-hybridized carbons (Fsp3) is 0.571. The van der Waals surface area contributed by atoms with Crippen LogP contribution in [0.1, 0.15) is 19.4 Å². The molecule has 17 heavy (non-hydrogen) atoms. The van der Waals surface area contributed by atoms with Crippen molar-refractivity contribution in [2.45, 2.75) is 25.3 Å². The normalized spacial score (nSPS) is 11.1. The highest BCUT2D eigenvalue weighted by Crippen LogP contribution is 2.20. The second-order valence-corrected chi connectivity index (χ2v) is 5.61. The minimum absolute atomic E-state index is 0.746. The lowest BCUT2D eigenvalue weighted by Gasteiger charge is -2.07. The Morgan fingerprint density at radius 3 is 2.53 bits per heavy atom. The van der Waals surface area contributed by atoms with Crippen molar-refractivity contribution in [1.29, 1.82) is 0 Å². The molecule has 1 N–H and O–H groups in total. The van der Waals surface area contributed by atoms with Crippen LogP contribution in [0.5, 0.6) is 0 Å². The summed E-state index contributed by atoms with van der Waals surface area (Å²) in [5, 5.41) is 3.34. The van der Waals surface area contributed by atoms with E-state index in [0.29, 0.717) is 0 Å². The number of methoxy groups -OCH3 is 1. The average Bonchev–Trinajstić information content (AvgIpc) is 2.33. The summed E-state index contributed by atoms with van der Waals surface area (Å²) < 4.78 is 4.99. The number of hydrogen-bond acceptors (Lipinski definition) is 3. The quantitative estimate of drug-likeness (QED) is 0.568. The van der Waals surface area contributed by atoms with E-state index in [2.05, 4.69) is 43.4 Å². The van der Waals surface area contributed by atoms with E-state index < -0.39 is 0 Å². The van der Waals surface area contributed by atoms with E-state index in [1.54, 1.807) is 7.11 Å². The maximum absolute atomic E-state index is 4.99. The second-order valence-electron chi connectivity index (χ2n) is 4.52. The van der Waals surface area contributed by atoms with Crippen LogP contribution in [-0.2, 0) is 11.3 Å². The molecule has 0 amide bonds. The van der Waals surface area contributed by atoms with Crippen LogP contribution in [0.2, 0.25) is 0 Å². The molecule has 0 atom stereocenters. The molecular formula is C14H23NOS. The third-order valence-electron chi connectivity index (χ3n) is 2.32. The summed E-state index contributed by atoms with van der Waals surface area (Å²) in [6.07, 6.45) is 0. The smallest absolute Gasteiger partial charge is 0.0587 e. The maximum atomic E-state index is 4.99. The minimum atomic E-state index is 0.746. The highest BCUT2D eigenvalue weighted by molar-refractivity contribution is 7.99. The lowest BCUT2D eigenvalue weighted by atomic mass is 10.2. The summed E-state index contributed by atoms with van der Waals surface area (Å²) in [7, 11) is 1.72. The molecular weight excluding hydrogens is 230 g/mol. The van der Waals surface area contributed by atoms with Crippen LogP contribution in [0.15, 0.2) is 29.2 Å². The number of nitrogens with one attached hydrogen (secondary N) is 1. The SMILES string of the molecule is COCCNCc1ccc(SCC(C)C)cc1. The van der Waals surface area contributed by atoms with Gasteiger partial charge in [0.05, 0.1) is 6.61 Å². The number of rotatable bonds is 8. The van der Waals surface area contributed by atoms with E-state index in [1.807, 2.05) is 11.8 Å². The summed E-state index contributed by atoms with van der Waals surface area (Å²) >= 11 is 1.93. The van der Waals surface area contributed by atoms with Crippen molar-refractivity contribution in [3.8, 4) is 0 Å². The van der Waals surface area contributed by atoms with E-state index in [9.17, 15) is 0 Å². The number of hydrogen-bond donors (Lipinski definition) is 1. The molecule has 1 aromatic rings. The Bertz CT molecular complexity index is 298. The van der Waals surface area contributed by atoms with Gasteiger partial charge in [0, 0.05) is 30.8 Å². The summed E-state index contributed by atoms with van der Waals surface area (Å²) in [4.78, 5) is 1.36. The molecule has 0 radical (unpaired) electrons. The van der Waals surface area contributed by atoms with Crippen molar-refractivity contribution in [1.82, 2.24) is 5.32 Å². The molecule has 0 unspecified atom stereocenters. The molecule has 0 saturated carbocycles. The van der Waals surface area contributed by atoms with Crippen LogP contribution in [0.4, 0.5) is 0 Å². The fourth-order valence-electron chi connectivity index (χ4n) is 1.37. The van der Waals surface area contributed by atoms with Crippen molar-refractivity contribution in [2.24, 2.45) is 5.92 Å². The van der Waals surface area contributed by atoms with Gasteiger partial charge in [-0.2, -0.15) is 0 Å². The third kappa shape index (κ3) is 6.71. The van der Waals surface area contributed by atoms with Crippen molar-refractivity contribution in [2.75, 3.05) is 26.0 Å². The lowest BCUT2D eigenvalue weighted by molar-refractivity contribution is 0.199. The van der Waals surface area contributed by atoms with Gasteiger partial charge in [0.25, 0.3) is 0 Å². The molecule has 3 heteroatoms. The molecule has 1 aromatic carbocycles. The highest BCUT2D eigenvalue weighted by atomic mass is 32.2. The average molecular weight is 253 g/mol. The van der Waals surface area contributed by atoms with Gasteiger partial charge in [0.15, 0.2) is 0 Å². The Morgan fingerprint density at radius 2 is 1.94 bits per heavy atom. The maximum Gasteiger partial charge on any atom is 0.0587 e. The van der Waals surface area contributed by atoms with Crippen molar-refractivity contribution < 1.29 is 4.74 Å². The van der Waals surface area contributed by atoms with E-state index in [-0.39, 0.29) is 0 Å². The van der Waals surface area contributed by atoms with E-state index in [1.165, 1.54) is 16.2 Å². The molecule has 2 nitrogen and oxygen atoms in total. The highest BCUT2D eigenvalue weighted by Gasteiger charge is 1.98. The largest absolute Gasteiger partial charge is 0.383 e. The predicted octanol–water partition coefficient (Wildman–Crippen LogP) is 3.17. The summed E-state index contributed by atoms with van der Waals surface area (Å²) in [6, 6.07) is 8.81. The Kier molecular flexibility index (Phi) is 7.33. The van der Waals surface area contributed by atoms with Crippen LogP contribution >= 0.6 is 11.8 Å². The molecule has 0 saturated heterocycles. The summed E-state index contributed by atoms with van der Waals surface area (Å²) in [6.45, 7) is 7.09. The number of thioether (sulfide) groups is 1. The van der Waals surface area contributed by atoms with Crippen molar-refractivity contribution >= 4 is 11.8 Å². The van der Waals surface area contributed by atoms with Gasteiger partial charge in [-0.3, -0.25) is 0 Å². The van der Waals surface area contributed by atoms with Crippen LogP contribution < -0.4 is 5.32 Å². The molecule has 0 aliphatic heterocycles. The first-order chi connectivity index (χ1) is 8.22. The van der Waals surface area contributed by atoms with Crippen molar-refractivity contribution in [3.05, 3.63) is 29.8 Å². The third-order valence-corrected chi connectivity index (χ3v) is 3.76. The van der Waals surface area contributed by atoms with Crippen molar-refractivity contribution in [3.63, 3.8) is 0 Å². The molecule has 1 rings (SSSR count). The Balaban J connectivity index is 2.29. The van der Waals surface area contributed by atoms with Crippen LogP contribution in [0.25, 0.3) is 0 Å². The van der Waals surface area contributed by atoms with Gasteiger partial charge < -0.3 is 10.1 Å². The van der Waals surface area contributed by atoms with Crippen LogP contribution in [0, 0.1) is 5.92 Å². The van der Waals surface area contributed by atoms with Crippen LogP contribution in [-0.4, -0.2) is 26.0 Å². The Morgan fingerprint density at radius 1 is 1.24 bits per heavy atom. The fourth-order valence-corrected chi connectivity index (χ4v) is 2.23. The molecule has 0 spiro atoms. The first-order valence-electron chi connectivity index (χ1n) is 6.13. The van der Waals surface area contributed by atoms with Gasteiger partial charge >= 0.3 is 0 Å². The topological polar surface area (TPSA) is 21.3 Å². The molecule has 0 aliphatic carbocycles. The van der Waals surface area contributed by atoms with Gasteiger partial charge in [-0.05, 0) is 23.6 Å². The molecule has 0 bridgehead atoms. The van der Waals surface area contributed by atoms with E-state index >= 15 is 0 Å². The molecule has 96 valence electrons.